The van der Waals surface area contributed by atoms with Gasteiger partial charge in [0.15, 0.2) is 0 Å². The summed E-state index contributed by atoms with van der Waals surface area (Å²) in [5, 5.41) is 25.5. The number of amides is 1. The molecule has 12 atom stereocenters. The molecule has 1 amide bonds. The molecule has 1 saturated heterocycles. The topological polar surface area (TPSA) is 88.0 Å². The Balaban J connectivity index is 1.31. The number of alkyl carbamates (subject to hydrolysis) is 1. The van der Waals surface area contributed by atoms with Crippen LogP contribution in [0.3, 0.4) is 0 Å². The Morgan fingerprint density at radius 1 is 1.03 bits per heavy atom. The van der Waals surface area contributed by atoms with Crippen LogP contribution in [0.15, 0.2) is 0 Å². The molecule has 3 N–H and O–H groups in total. The van der Waals surface area contributed by atoms with Crippen LogP contribution in [0.25, 0.3) is 0 Å². The molecule has 198 valence electrons. The van der Waals surface area contributed by atoms with Crippen LogP contribution in [0, 0.1) is 50.7 Å². The van der Waals surface area contributed by atoms with E-state index in [4.69, 9.17) is 9.47 Å². The molecule has 6 rings (SSSR count). The summed E-state index contributed by atoms with van der Waals surface area (Å²) >= 11 is 0. The number of nitrogens with one attached hydrogen (secondary N) is 1. The van der Waals surface area contributed by atoms with Crippen molar-refractivity contribution in [1.82, 2.24) is 5.32 Å². The van der Waals surface area contributed by atoms with Crippen LogP contribution in [0.2, 0.25) is 0 Å². The summed E-state index contributed by atoms with van der Waals surface area (Å²) in [5.41, 5.74) is 0.513. The number of aliphatic hydroxyl groups excluding tert-OH is 2. The van der Waals surface area contributed by atoms with Crippen molar-refractivity contribution in [2.75, 3.05) is 13.7 Å². The third-order valence-corrected chi connectivity index (χ3v) is 13.5. The van der Waals surface area contributed by atoms with Crippen molar-refractivity contribution in [3.8, 4) is 0 Å². The third kappa shape index (κ3) is 2.75. The predicted molar refractivity (Wildman–Crippen MR) is 133 cm³/mol. The molecule has 0 aromatic rings. The zero-order chi connectivity index (χ0) is 25.2. The molecule has 6 fully saturated rings. The molecule has 6 nitrogen and oxygen atoms in total. The van der Waals surface area contributed by atoms with Crippen molar-refractivity contribution in [1.29, 1.82) is 0 Å². The molecule has 35 heavy (non-hydrogen) atoms. The van der Waals surface area contributed by atoms with E-state index in [0.717, 1.165) is 32.1 Å². The molecular formula is C29H47NO5. The lowest BCUT2D eigenvalue weighted by molar-refractivity contribution is -0.182. The summed E-state index contributed by atoms with van der Waals surface area (Å²) in [7, 11) is 1.57. The van der Waals surface area contributed by atoms with E-state index < -0.39 is 12.2 Å². The average Bonchev–Trinajstić information content (AvgIpc) is 3.45. The first-order chi connectivity index (χ1) is 16.4. The van der Waals surface area contributed by atoms with Gasteiger partial charge in [-0.05, 0) is 96.7 Å². The number of carbonyl (C=O) groups excluding carboxylic acids is 1. The number of fused-ring (bicyclic) bond motifs is 4. The fourth-order valence-corrected chi connectivity index (χ4v) is 11.7. The van der Waals surface area contributed by atoms with Gasteiger partial charge < -0.3 is 25.0 Å². The van der Waals surface area contributed by atoms with Crippen LogP contribution in [0.1, 0.15) is 86.0 Å². The van der Waals surface area contributed by atoms with Crippen LogP contribution < -0.4 is 5.32 Å². The monoisotopic (exact) mass is 489 g/mol. The van der Waals surface area contributed by atoms with Crippen LogP contribution in [0.4, 0.5) is 4.79 Å². The van der Waals surface area contributed by atoms with Crippen LogP contribution in [0.5, 0.6) is 0 Å². The summed E-state index contributed by atoms with van der Waals surface area (Å²) in [5.74, 6) is 1.84. The lowest BCUT2D eigenvalue weighted by Crippen LogP contribution is -2.59. The summed E-state index contributed by atoms with van der Waals surface area (Å²) in [6, 6.07) is 0. The highest BCUT2D eigenvalue weighted by Gasteiger charge is 2.84. The van der Waals surface area contributed by atoms with Gasteiger partial charge in [0.05, 0.1) is 24.4 Å². The van der Waals surface area contributed by atoms with Gasteiger partial charge in [-0.15, -0.1) is 0 Å². The first kappa shape index (κ1) is 24.5. The minimum Gasteiger partial charge on any atom is -0.447 e. The molecule has 0 radical (unpaired) electrons. The molecule has 0 bridgehead atoms. The number of rotatable bonds is 2. The van der Waals surface area contributed by atoms with E-state index in [9.17, 15) is 15.0 Å². The summed E-state index contributed by atoms with van der Waals surface area (Å²) in [6.45, 7) is 12.0. The summed E-state index contributed by atoms with van der Waals surface area (Å²) < 4.78 is 12.0. The Hall–Kier alpha value is -0.850. The quantitative estimate of drug-likeness (QED) is 0.531. The Labute approximate surface area is 210 Å². The Kier molecular flexibility index (Phi) is 5.16. The third-order valence-electron chi connectivity index (χ3n) is 13.5. The van der Waals surface area contributed by atoms with Crippen LogP contribution in [-0.2, 0) is 9.47 Å². The molecule has 1 aliphatic heterocycles. The molecule has 1 heterocycles. The lowest BCUT2D eigenvalue weighted by Gasteiger charge is -2.63. The molecule has 2 spiro atoms. The molecule has 5 aliphatic carbocycles. The van der Waals surface area contributed by atoms with Crippen molar-refractivity contribution in [2.24, 2.45) is 50.7 Å². The standard InChI is InChI=1S/C29H47NO5/c1-16-13-17(14-34-24(33)30-6)35-22-21(16)26(4)11-12-29-15-28(29)10-9-20(31)25(2,3)18(28)7-8-19(29)27(26,5)23(22)32/h16-23,31-32H,7-15H2,1-6H3,(H,30,33). The van der Waals surface area contributed by atoms with E-state index in [1.54, 1.807) is 7.05 Å². The first-order valence-electron chi connectivity index (χ1n) is 14.3. The van der Waals surface area contributed by atoms with Crippen LogP contribution in [-0.4, -0.2) is 54.4 Å². The fraction of sp³-hybridized carbons (Fsp3) is 0.966. The SMILES string of the molecule is CNC(=O)OCC1CC(C)C2C(O1)C(O)C1(C)C3CCC4C(C)(C)C(O)CCC45CC35CCC21C. The second kappa shape index (κ2) is 7.38. The number of hydrogen-bond acceptors (Lipinski definition) is 5. The van der Waals surface area contributed by atoms with Gasteiger partial charge in [0.25, 0.3) is 0 Å². The summed E-state index contributed by atoms with van der Waals surface area (Å²) in [6.07, 6.45) is 7.49. The second-order valence-corrected chi connectivity index (χ2v) is 14.5. The van der Waals surface area contributed by atoms with Crippen LogP contribution >= 0.6 is 0 Å². The zero-order valence-corrected chi connectivity index (χ0v) is 22.6. The maximum absolute atomic E-state index is 12.1. The van der Waals surface area contributed by atoms with Gasteiger partial charge in [0, 0.05) is 12.5 Å². The highest BCUT2D eigenvalue weighted by molar-refractivity contribution is 5.66. The molecule has 0 aromatic heterocycles. The van der Waals surface area contributed by atoms with Gasteiger partial charge in [-0.3, -0.25) is 0 Å². The van der Waals surface area contributed by atoms with Gasteiger partial charge in [-0.2, -0.15) is 0 Å². The van der Waals surface area contributed by atoms with Gasteiger partial charge in [-0.25, -0.2) is 4.79 Å². The minimum atomic E-state index is -0.499. The Morgan fingerprint density at radius 3 is 2.43 bits per heavy atom. The summed E-state index contributed by atoms with van der Waals surface area (Å²) in [4.78, 5) is 11.7. The van der Waals surface area contributed by atoms with Crippen molar-refractivity contribution in [3.05, 3.63) is 0 Å². The van der Waals surface area contributed by atoms with E-state index in [2.05, 4.69) is 39.9 Å². The Morgan fingerprint density at radius 2 is 1.71 bits per heavy atom. The molecule has 12 unspecified atom stereocenters. The molecule has 6 aliphatic rings. The molecule has 5 saturated carbocycles. The van der Waals surface area contributed by atoms with Crippen molar-refractivity contribution in [3.63, 3.8) is 0 Å². The molecular weight excluding hydrogens is 442 g/mol. The van der Waals surface area contributed by atoms with Gasteiger partial charge in [0.2, 0.25) is 0 Å². The molecule has 6 heteroatoms. The number of carbonyl (C=O) groups is 1. The fourth-order valence-electron chi connectivity index (χ4n) is 11.7. The highest BCUT2D eigenvalue weighted by atomic mass is 16.6. The number of ether oxygens (including phenoxy) is 2. The normalized spacial score (nSPS) is 57.6. The smallest absolute Gasteiger partial charge is 0.406 e. The van der Waals surface area contributed by atoms with Crippen molar-refractivity contribution < 1.29 is 24.5 Å². The lowest BCUT2D eigenvalue weighted by atomic mass is 9.41. The maximum Gasteiger partial charge on any atom is 0.406 e. The van der Waals surface area contributed by atoms with E-state index in [0.29, 0.717) is 34.5 Å². The van der Waals surface area contributed by atoms with Crippen molar-refractivity contribution in [2.45, 2.75) is 110 Å². The average molecular weight is 490 g/mol. The van der Waals surface area contributed by atoms with E-state index >= 15 is 0 Å². The van der Waals surface area contributed by atoms with Gasteiger partial charge in [0.1, 0.15) is 6.61 Å². The van der Waals surface area contributed by atoms with Crippen molar-refractivity contribution >= 4 is 6.09 Å². The number of hydrogen-bond donors (Lipinski definition) is 3. The maximum atomic E-state index is 12.1. The van der Waals surface area contributed by atoms with Gasteiger partial charge in [-0.1, -0.05) is 34.6 Å². The zero-order valence-electron chi connectivity index (χ0n) is 22.6. The predicted octanol–water partition coefficient (Wildman–Crippen LogP) is 4.52. The van der Waals surface area contributed by atoms with Gasteiger partial charge >= 0.3 is 6.09 Å². The first-order valence-corrected chi connectivity index (χ1v) is 14.3. The van der Waals surface area contributed by atoms with E-state index in [-0.39, 0.29) is 41.2 Å². The Bertz CT molecular complexity index is 908. The van der Waals surface area contributed by atoms with E-state index in [1.165, 1.54) is 19.3 Å². The van der Waals surface area contributed by atoms with E-state index in [1.807, 2.05) is 0 Å². The second-order valence-electron chi connectivity index (χ2n) is 14.5. The number of aliphatic hydroxyl groups is 2. The highest BCUT2D eigenvalue weighted by Crippen LogP contribution is 2.89. The largest absolute Gasteiger partial charge is 0.447 e. The minimum absolute atomic E-state index is 0.0215. The molecule has 0 aromatic carbocycles.